The van der Waals surface area contributed by atoms with Crippen molar-refractivity contribution in [1.82, 2.24) is 9.97 Å². The van der Waals surface area contributed by atoms with Crippen molar-refractivity contribution in [2.45, 2.75) is 19.4 Å². The summed E-state index contributed by atoms with van der Waals surface area (Å²) in [6.45, 7) is 2.07. The lowest BCUT2D eigenvalue weighted by atomic mass is 9.84. The minimum Gasteiger partial charge on any atom is -0.481 e. The van der Waals surface area contributed by atoms with Crippen LogP contribution in [0.2, 0.25) is 0 Å². The molecule has 1 aromatic heterocycles. The molecule has 3 aromatic rings. The molecule has 6 nitrogen and oxygen atoms in total. The number of carboxylic acid groups (broad SMARTS) is 1. The van der Waals surface area contributed by atoms with Crippen molar-refractivity contribution in [2.75, 3.05) is 5.32 Å². The van der Waals surface area contributed by atoms with E-state index in [1.807, 2.05) is 24.3 Å². The normalized spacial score (nSPS) is 13.0. The van der Waals surface area contributed by atoms with Crippen molar-refractivity contribution < 1.29 is 14.3 Å². The van der Waals surface area contributed by atoms with Crippen LogP contribution in [0, 0.1) is 11.7 Å². The molecule has 0 aliphatic carbocycles. The summed E-state index contributed by atoms with van der Waals surface area (Å²) < 4.78 is 13.3. The van der Waals surface area contributed by atoms with Crippen LogP contribution in [0.15, 0.2) is 60.8 Å². The first-order valence-electron chi connectivity index (χ1n) is 8.85. The molecule has 0 saturated carbocycles. The Bertz CT molecular complexity index is 945. The highest BCUT2D eigenvalue weighted by Crippen LogP contribution is 2.32. The van der Waals surface area contributed by atoms with Crippen molar-refractivity contribution in [3.05, 3.63) is 83.4 Å². The van der Waals surface area contributed by atoms with E-state index in [1.54, 1.807) is 31.3 Å². The molecular weight excluding hydrogens is 359 g/mol. The SMILES string of the molecule is CC(C(=O)O)C(c1ccc(F)cc1)c1ccnc(Nc2ccc(CN)cc2)n1. The molecule has 2 atom stereocenters. The van der Waals surface area contributed by atoms with Crippen LogP contribution in [-0.4, -0.2) is 21.0 Å². The van der Waals surface area contributed by atoms with Crippen LogP contribution in [0.3, 0.4) is 0 Å². The Balaban J connectivity index is 1.93. The van der Waals surface area contributed by atoms with E-state index in [2.05, 4.69) is 15.3 Å². The number of carbonyl (C=O) groups is 1. The predicted molar refractivity (Wildman–Crippen MR) is 105 cm³/mol. The van der Waals surface area contributed by atoms with Crippen LogP contribution in [0.25, 0.3) is 0 Å². The number of aromatic nitrogens is 2. The molecule has 0 aliphatic heterocycles. The van der Waals surface area contributed by atoms with E-state index in [9.17, 15) is 14.3 Å². The molecule has 1 heterocycles. The Labute approximate surface area is 162 Å². The zero-order chi connectivity index (χ0) is 20.1. The maximum absolute atomic E-state index is 13.3. The Morgan fingerprint density at radius 1 is 1.14 bits per heavy atom. The fourth-order valence-electron chi connectivity index (χ4n) is 2.99. The van der Waals surface area contributed by atoms with Crippen LogP contribution >= 0.6 is 0 Å². The van der Waals surface area contributed by atoms with Gasteiger partial charge in [-0.1, -0.05) is 31.2 Å². The van der Waals surface area contributed by atoms with Gasteiger partial charge in [-0.3, -0.25) is 4.79 Å². The largest absolute Gasteiger partial charge is 0.481 e. The topological polar surface area (TPSA) is 101 Å². The Hall–Kier alpha value is -3.32. The second-order valence-corrected chi connectivity index (χ2v) is 6.49. The minimum atomic E-state index is -0.959. The fraction of sp³-hybridized carbons (Fsp3) is 0.190. The van der Waals surface area contributed by atoms with Gasteiger partial charge >= 0.3 is 5.97 Å². The second-order valence-electron chi connectivity index (χ2n) is 6.49. The van der Waals surface area contributed by atoms with Gasteiger partial charge in [-0.25, -0.2) is 14.4 Å². The van der Waals surface area contributed by atoms with Gasteiger partial charge in [0.05, 0.1) is 11.6 Å². The van der Waals surface area contributed by atoms with Crippen molar-refractivity contribution >= 4 is 17.6 Å². The summed E-state index contributed by atoms with van der Waals surface area (Å²) in [7, 11) is 0. The number of benzene rings is 2. The van der Waals surface area contributed by atoms with E-state index in [-0.39, 0.29) is 5.82 Å². The lowest BCUT2D eigenvalue weighted by Crippen LogP contribution is -2.21. The van der Waals surface area contributed by atoms with E-state index in [0.717, 1.165) is 11.3 Å². The molecule has 4 N–H and O–H groups in total. The minimum absolute atomic E-state index is 0.350. The highest BCUT2D eigenvalue weighted by atomic mass is 19.1. The molecule has 7 heteroatoms. The van der Waals surface area contributed by atoms with Gasteiger partial charge in [-0.05, 0) is 41.5 Å². The Morgan fingerprint density at radius 2 is 1.82 bits per heavy atom. The molecule has 28 heavy (non-hydrogen) atoms. The molecule has 0 radical (unpaired) electrons. The number of hydrogen-bond acceptors (Lipinski definition) is 5. The molecule has 0 saturated heterocycles. The van der Waals surface area contributed by atoms with E-state index in [4.69, 9.17) is 5.73 Å². The number of hydrogen-bond donors (Lipinski definition) is 3. The monoisotopic (exact) mass is 380 g/mol. The van der Waals surface area contributed by atoms with Gasteiger partial charge in [0.25, 0.3) is 0 Å². The average Bonchev–Trinajstić information content (AvgIpc) is 2.70. The number of anilines is 2. The van der Waals surface area contributed by atoms with Gasteiger partial charge in [0.2, 0.25) is 5.95 Å². The van der Waals surface area contributed by atoms with Gasteiger partial charge in [0.15, 0.2) is 0 Å². The van der Waals surface area contributed by atoms with E-state index >= 15 is 0 Å². The smallest absolute Gasteiger partial charge is 0.307 e. The van der Waals surface area contributed by atoms with Crippen LogP contribution < -0.4 is 11.1 Å². The van der Waals surface area contributed by atoms with Crippen LogP contribution in [0.4, 0.5) is 16.0 Å². The third-order valence-corrected chi connectivity index (χ3v) is 4.56. The van der Waals surface area contributed by atoms with Crippen molar-refractivity contribution in [3.63, 3.8) is 0 Å². The standard InChI is InChI=1S/C21H21FN4O2/c1-13(20(27)28)19(15-4-6-16(22)7-5-15)18-10-11-24-21(26-18)25-17-8-2-14(12-23)3-9-17/h2-11,13,19H,12,23H2,1H3,(H,27,28)(H,24,25,26). The Kier molecular flexibility index (Phi) is 5.96. The third-order valence-electron chi connectivity index (χ3n) is 4.56. The van der Waals surface area contributed by atoms with Crippen LogP contribution in [-0.2, 0) is 11.3 Å². The summed E-state index contributed by atoms with van der Waals surface area (Å²) in [5, 5.41) is 12.6. The number of nitrogens with two attached hydrogens (primary N) is 1. The highest BCUT2D eigenvalue weighted by Gasteiger charge is 2.28. The molecular formula is C21H21FN4O2. The van der Waals surface area contributed by atoms with E-state index in [0.29, 0.717) is 23.8 Å². The van der Waals surface area contributed by atoms with Gasteiger partial charge in [-0.2, -0.15) is 0 Å². The lowest BCUT2D eigenvalue weighted by molar-refractivity contribution is -0.141. The van der Waals surface area contributed by atoms with E-state index < -0.39 is 17.8 Å². The fourth-order valence-corrected chi connectivity index (χ4v) is 2.99. The highest BCUT2D eigenvalue weighted by molar-refractivity contribution is 5.72. The van der Waals surface area contributed by atoms with Gasteiger partial charge in [0.1, 0.15) is 5.82 Å². The second kappa shape index (κ2) is 8.58. The summed E-state index contributed by atoms with van der Waals surface area (Å²) in [6, 6.07) is 15.0. The summed E-state index contributed by atoms with van der Waals surface area (Å²) in [5.74, 6) is -2.28. The molecule has 0 spiro atoms. The maximum atomic E-state index is 13.3. The predicted octanol–water partition coefficient (Wildman–Crippen LogP) is 3.67. The van der Waals surface area contributed by atoms with Crippen molar-refractivity contribution in [2.24, 2.45) is 11.7 Å². The third kappa shape index (κ3) is 4.50. The zero-order valence-electron chi connectivity index (χ0n) is 15.3. The molecule has 2 aromatic carbocycles. The number of rotatable bonds is 7. The number of nitrogens with one attached hydrogen (secondary N) is 1. The number of carboxylic acids is 1. The summed E-state index contributed by atoms with van der Waals surface area (Å²) in [6.07, 6.45) is 1.57. The summed E-state index contributed by atoms with van der Waals surface area (Å²) >= 11 is 0. The molecule has 0 fully saturated rings. The number of aliphatic carboxylic acids is 1. The first-order chi connectivity index (χ1) is 13.5. The number of halogens is 1. The summed E-state index contributed by atoms with van der Waals surface area (Å²) in [5.41, 5.74) is 8.62. The molecule has 2 unspecified atom stereocenters. The molecule has 144 valence electrons. The van der Waals surface area contributed by atoms with Crippen molar-refractivity contribution in [3.8, 4) is 0 Å². The molecule has 0 amide bonds. The average molecular weight is 380 g/mol. The van der Waals surface area contributed by atoms with Gasteiger partial charge in [-0.15, -0.1) is 0 Å². The van der Waals surface area contributed by atoms with Gasteiger partial charge < -0.3 is 16.2 Å². The first kappa shape index (κ1) is 19.4. The number of nitrogens with zero attached hydrogens (tertiary/aromatic N) is 2. The van der Waals surface area contributed by atoms with Crippen LogP contribution in [0.1, 0.15) is 29.7 Å². The summed E-state index contributed by atoms with van der Waals surface area (Å²) in [4.78, 5) is 20.4. The lowest BCUT2D eigenvalue weighted by Gasteiger charge is -2.21. The molecule has 3 rings (SSSR count). The molecule has 0 bridgehead atoms. The maximum Gasteiger partial charge on any atom is 0.307 e. The molecule has 0 aliphatic rings. The van der Waals surface area contributed by atoms with E-state index in [1.165, 1.54) is 12.1 Å². The van der Waals surface area contributed by atoms with Crippen molar-refractivity contribution in [1.29, 1.82) is 0 Å². The van der Waals surface area contributed by atoms with Gasteiger partial charge in [0, 0.05) is 24.3 Å². The zero-order valence-corrected chi connectivity index (χ0v) is 15.3. The Morgan fingerprint density at radius 3 is 2.43 bits per heavy atom. The quantitative estimate of drug-likeness (QED) is 0.578. The van der Waals surface area contributed by atoms with Crippen LogP contribution in [0.5, 0.6) is 0 Å². The first-order valence-corrected chi connectivity index (χ1v) is 8.85.